The molecule has 0 heterocycles. The molecule has 2 N–H and O–H groups in total. The molecule has 0 aromatic heterocycles. The first-order valence-corrected chi connectivity index (χ1v) is 7.88. The zero-order valence-corrected chi connectivity index (χ0v) is 12.1. The lowest BCUT2D eigenvalue weighted by Crippen LogP contribution is -2.09. The lowest BCUT2D eigenvalue weighted by atomic mass is 10.1. The van der Waals surface area contributed by atoms with Gasteiger partial charge in [0.05, 0.1) is 17.8 Å². The molecule has 0 unspecified atom stereocenters. The summed E-state index contributed by atoms with van der Waals surface area (Å²) in [6.07, 6.45) is 0.444. The molecule has 4 nitrogen and oxygen atoms in total. The minimum absolute atomic E-state index is 0.0583. The fourth-order valence-corrected chi connectivity index (χ4v) is 3.19. The van der Waals surface area contributed by atoms with Crippen LogP contribution in [0.3, 0.4) is 0 Å². The first-order valence-electron chi connectivity index (χ1n) is 6.22. The van der Waals surface area contributed by atoms with Gasteiger partial charge in [0.1, 0.15) is 5.75 Å². The summed E-state index contributed by atoms with van der Waals surface area (Å²) in [6.45, 7) is 0. The van der Waals surface area contributed by atoms with Crippen LogP contribution in [0.2, 0.25) is 0 Å². The number of aryl methyl sites for hydroxylation is 1. The van der Waals surface area contributed by atoms with Crippen LogP contribution in [0.4, 0.5) is 5.69 Å². The number of ether oxygens (including phenoxy) is 1. The van der Waals surface area contributed by atoms with Gasteiger partial charge >= 0.3 is 0 Å². The monoisotopic (exact) mass is 291 g/mol. The minimum Gasteiger partial charge on any atom is -0.497 e. The molecule has 0 amide bonds. The van der Waals surface area contributed by atoms with E-state index in [0.29, 0.717) is 22.8 Å². The van der Waals surface area contributed by atoms with Gasteiger partial charge in [0.2, 0.25) is 0 Å². The Morgan fingerprint density at radius 1 is 1.10 bits per heavy atom. The Morgan fingerprint density at radius 3 is 2.40 bits per heavy atom. The fourth-order valence-electron chi connectivity index (χ4n) is 1.90. The van der Waals surface area contributed by atoms with Gasteiger partial charge in [-0.2, -0.15) is 0 Å². The molecule has 20 heavy (non-hydrogen) atoms. The summed E-state index contributed by atoms with van der Waals surface area (Å²) in [7, 11) is -1.75. The van der Waals surface area contributed by atoms with E-state index < -0.39 is 9.84 Å². The van der Waals surface area contributed by atoms with Crippen LogP contribution in [0.25, 0.3) is 0 Å². The average molecular weight is 291 g/mol. The molecule has 0 aliphatic rings. The smallest absolute Gasteiger partial charge is 0.178 e. The number of hydrogen-bond acceptors (Lipinski definition) is 4. The van der Waals surface area contributed by atoms with Gasteiger partial charge in [-0.05, 0) is 48.4 Å². The van der Waals surface area contributed by atoms with Crippen molar-refractivity contribution in [2.24, 2.45) is 0 Å². The van der Waals surface area contributed by atoms with Gasteiger partial charge in [-0.25, -0.2) is 8.42 Å². The molecule has 0 aliphatic heterocycles. The average Bonchev–Trinajstić information content (AvgIpc) is 2.45. The first kappa shape index (κ1) is 14.4. The summed E-state index contributed by atoms with van der Waals surface area (Å²) < 4.78 is 29.5. The Labute approximate surface area is 119 Å². The van der Waals surface area contributed by atoms with E-state index in [1.54, 1.807) is 43.5 Å². The van der Waals surface area contributed by atoms with Gasteiger partial charge in [-0.3, -0.25) is 0 Å². The second kappa shape index (κ2) is 5.96. The third kappa shape index (κ3) is 3.51. The normalized spacial score (nSPS) is 11.2. The van der Waals surface area contributed by atoms with Crippen LogP contribution >= 0.6 is 0 Å². The lowest BCUT2D eigenvalue weighted by molar-refractivity contribution is 0.414. The third-order valence-corrected chi connectivity index (χ3v) is 4.76. The van der Waals surface area contributed by atoms with Gasteiger partial charge < -0.3 is 10.5 Å². The zero-order chi connectivity index (χ0) is 14.6. The van der Waals surface area contributed by atoms with Gasteiger partial charge in [0.15, 0.2) is 9.84 Å². The van der Waals surface area contributed by atoms with Crippen molar-refractivity contribution in [2.45, 2.75) is 11.3 Å². The Morgan fingerprint density at radius 2 is 1.80 bits per heavy atom. The summed E-state index contributed by atoms with van der Waals surface area (Å²) in [4.78, 5) is 0.308. The van der Waals surface area contributed by atoms with Crippen molar-refractivity contribution in [3.05, 3.63) is 54.1 Å². The van der Waals surface area contributed by atoms with E-state index in [1.165, 1.54) is 0 Å². The highest BCUT2D eigenvalue weighted by Gasteiger charge is 2.14. The summed E-state index contributed by atoms with van der Waals surface area (Å²) in [5.74, 6) is 0.697. The van der Waals surface area contributed by atoms with Crippen LogP contribution < -0.4 is 10.5 Å². The standard InChI is InChI=1S/C15H17NO3S/c1-19-14-5-7-15(8-6-14)20(17,18)10-9-12-3-2-4-13(16)11-12/h2-8,11H,9-10,16H2,1H3. The molecule has 2 aromatic carbocycles. The van der Waals surface area contributed by atoms with E-state index in [9.17, 15) is 8.42 Å². The number of rotatable bonds is 5. The van der Waals surface area contributed by atoms with E-state index in [0.717, 1.165) is 5.56 Å². The van der Waals surface area contributed by atoms with E-state index in [2.05, 4.69) is 0 Å². The van der Waals surface area contributed by atoms with Crippen molar-refractivity contribution in [3.8, 4) is 5.75 Å². The summed E-state index contributed by atoms with van der Waals surface area (Å²) in [5, 5.41) is 0. The molecule has 0 bridgehead atoms. The molecule has 0 saturated carbocycles. The van der Waals surface area contributed by atoms with Crippen LogP contribution in [0.15, 0.2) is 53.4 Å². The van der Waals surface area contributed by atoms with Crippen molar-refractivity contribution in [3.63, 3.8) is 0 Å². The highest BCUT2D eigenvalue weighted by molar-refractivity contribution is 7.91. The molecule has 5 heteroatoms. The predicted molar refractivity (Wildman–Crippen MR) is 79.6 cm³/mol. The summed E-state index contributed by atoms with van der Waals surface area (Å²) in [5.41, 5.74) is 7.24. The largest absolute Gasteiger partial charge is 0.497 e. The van der Waals surface area contributed by atoms with Crippen molar-refractivity contribution in [1.29, 1.82) is 0 Å². The molecule has 2 rings (SSSR count). The number of sulfone groups is 1. The van der Waals surface area contributed by atoms with Crippen molar-refractivity contribution < 1.29 is 13.2 Å². The summed E-state index contributed by atoms with van der Waals surface area (Å²) in [6, 6.07) is 13.7. The second-order valence-corrected chi connectivity index (χ2v) is 6.60. The maximum absolute atomic E-state index is 12.2. The highest BCUT2D eigenvalue weighted by atomic mass is 32.2. The van der Waals surface area contributed by atoms with Crippen LogP contribution in [0.5, 0.6) is 5.75 Å². The Balaban J connectivity index is 2.10. The zero-order valence-electron chi connectivity index (χ0n) is 11.2. The number of nitrogens with two attached hydrogens (primary N) is 1. The fraction of sp³-hybridized carbons (Fsp3) is 0.200. The van der Waals surface area contributed by atoms with Gasteiger partial charge in [-0.1, -0.05) is 12.1 Å². The second-order valence-electron chi connectivity index (χ2n) is 4.49. The SMILES string of the molecule is COc1ccc(S(=O)(=O)CCc2cccc(N)c2)cc1. The molecule has 0 saturated heterocycles. The quantitative estimate of drug-likeness (QED) is 0.858. The molecule has 0 spiro atoms. The topological polar surface area (TPSA) is 69.4 Å². The third-order valence-electron chi connectivity index (χ3n) is 3.03. The van der Waals surface area contributed by atoms with Crippen LogP contribution in [0, 0.1) is 0 Å². The number of benzene rings is 2. The van der Waals surface area contributed by atoms with E-state index in [-0.39, 0.29) is 5.75 Å². The maximum atomic E-state index is 12.2. The minimum atomic E-state index is -3.29. The Bertz CT molecular complexity index is 679. The number of hydrogen-bond donors (Lipinski definition) is 1. The molecule has 2 aromatic rings. The van der Waals surface area contributed by atoms with Crippen LogP contribution in [-0.2, 0) is 16.3 Å². The molecule has 0 fully saturated rings. The molecule has 0 radical (unpaired) electrons. The van der Waals surface area contributed by atoms with Gasteiger partial charge in [-0.15, -0.1) is 0 Å². The van der Waals surface area contributed by atoms with Crippen molar-refractivity contribution >= 4 is 15.5 Å². The molecule has 0 aliphatic carbocycles. The Hall–Kier alpha value is -2.01. The lowest BCUT2D eigenvalue weighted by Gasteiger charge is -2.06. The van der Waals surface area contributed by atoms with E-state index in [4.69, 9.17) is 10.5 Å². The predicted octanol–water partition coefficient (Wildman–Crippen LogP) is 2.29. The van der Waals surface area contributed by atoms with E-state index >= 15 is 0 Å². The van der Waals surface area contributed by atoms with Gasteiger partial charge in [0.25, 0.3) is 0 Å². The molecular weight excluding hydrogens is 274 g/mol. The molecular formula is C15H17NO3S. The van der Waals surface area contributed by atoms with E-state index in [1.807, 2.05) is 12.1 Å². The van der Waals surface area contributed by atoms with Crippen LogP contribution in [0.1, 0.15) is 5.56 Å². The summed E-state index contributed by atoms with van der Waals surface area (Å²) >= 11 is 0. The van der Waals surface area contributed by atoms with Crippen molar-refractivity contribution in [2.75, 3.05) is 18.6 Å². The molecule has 106 valence electrons. The number of anilines is 1. The molecule has 0 atom stereocenters. The first-order chi connectivity index (χ1) is 9.51. The van der Waals surface area contributed by atoms with Crippen molar-refractivity contribution in [1.82, 2.24) is 0 Å². The van der Waals surface area contributed by atoms with Gasteiger partial charge in [0, 0.05) is 5.69 Å². The Kier molecular flexibility index (Phi) is 4.29. The highest BCUT2D eigenvalue weighted by Crippen LogP contribution is 2.18. The van der Waals surface area contributed by atoms with Crippen LogP contribution in [-0.4, -0.2) is 21.3 Å². The number of nitrogen functional groups attached to an aromatic ring is 1. The number of methoxy groups -OCH3 is 1. The maximum Gasteiger partial charge on any atom is 0.178 e.